The summed E-state index contributed by atoms with van der Waals surface area (Å²) < 4.78 is 72.0. The summed E-state index contributed by atoms with van der Waals surface area (Å²) in [6.07, 6.45) is 0. The van der Waals surface area contributed by atoms with Crippen LogP contribution < -0.4 is 24.2 Å². The quantitative estimate of drug-likeness (QED) is 0.221. The Balaban J connectivity index is 1.38. The number of hydrogen-bond donors (Lipinski definition) is 2. The van der Waals surface area contributed by atoms with E-state index in [9.17, 15) is 22.0 Å². The van der Waals surface area contributed by atoms with Gasteiger partial charge in [0.2, 0.25) is 0 Å². The van der Waals surface area contributed by atoms with Crippen LogP contribution in [0.2, 0.25) is 0 Å². The molecule has 0 saturated heterocycles. The summed E-state index contributed by atoms with van der Waals surface area (Å²) in [4.78, 5) is 21.9. The van der Waals surface area contributed by atoms with Gasteiger partial charge in [-0.15, -0.1) is 0 Å². The smallest absolute Gasteiger partial charge is 0.279 e. The summed E-state index contributed by atoms with van der Waals surface area (Å²) in [6.45, 7) is 0. The number of nitrogens with zero attached hydrogens (tertiary/aromatic N) is 2. The first-order valence-corrected chi connectivity index (χ1v) is 13.7. The van der Waals surface area contributed by atoms with E-state index in [2.05, 4.69) is 20.0 Å². The third kappa shape index (κ3) is 6.05. The molecule has 1 aromatic heterocycles. The van der Waals surface area contributed by atoms with Gasteiger partial charge in [-0.1, -0.05) is 12.1 Å². The average molecular weight is 593 g/mol. The molecular formula is C29H22F2N4O6S. The van der Waals surface area contributed by atoms with E-state index in [1.54, 1.807) is 24.3 Å². The summed E-state index contributed by atoms with van der Waals surface area (Å²) in [5.74, 6) is -2.40. The molecule has 0 fully saturated rings. The second-order valence-electron chi connectivity index (χ2n) is 8.70. The van der Waals surface area contributed by atoms with Crippen molar-refractivity contribution in [3.63, 3.8) is 0 Å². The summed E-state index contributed by atoms with van der Waals surface area (Å²) in [5.41, 5.74) is 0.806. The SMILES string of the molecule is COc1ccc(Oc2nc3ccccc3nc2C(=O)Nc2ccc(S(=O)(=O)Nc3ccc(OC)c(F)c3)cc2)c(F)c1. The van der Waals surface area contributed by atoms with E-state index >= 15 is 0 Å². The number of methoxy groups -OCH3 is 2. The van der Waals surface area contributed by atoms with Gasteiger partial charge < -0.3 is 19.5 Å². The first kappa shape index (κ1) is 28.2. The molecule has 2 N–H and O–H groups in total. The number of anilines is 2. The molecule has 0 saturated carbocycles. The predicted octanol–water partition coefficient (Wildman–Crippen LogP) is 5.77. The molecule has 4 aromatic carbocycles. The number of carbonyl (C=O) groups excluding carboxylic acids is 1. The van der Waals surface area contributed by atoms with Gasteiger partial charge in [-0.3, -0.25) is 9.52 Å². The van der Waals surface area contributed by atoms with Gasteiger partial charge in [-0.25, -0.2) is 27.2 Å². The predicted molar refractivity (Wildman–Crippen MR) is 151 cm³/mol. The molecule has 0 aliphatic heterocycles. The summed E-state index contributed by atoms with van der Waals surface area (Å²) in [6, 6.07) is 19.6. The number of nitrogens with one attached hydrogen (secondary N) is 2. The Labute approximate surface area is 239 Å². The summed E-state index contributed by atoms with van der Waals surface area (Å²) in [7, 11) is -1.39. The maximum atomic E-state index is 14.6. The third-order valence-electron chi connectivity index (χ3n) is 5.93. The van der Waals surface area contributed by atoms with Crippen LogP contribution in [0.15, 0.2) is 89.8 Å². The second kappa shape index (κ2) is 11.7. The first-order chi connectivity index (χ1) is 20.2. The summed E-state index contributed by atoms with van der Waals surface area (Å²) in [5, 5.41) is 2.62. The minimum Gasteiger partial charge on any atom is -0.497 e. The lowest BCUT2D eigenvalue weighted by Gasteiger charge is -2.13. The number of ether oxygens (including phenoxy) is 3. The molecule has 0 atom stereocenters. The van der Waals surface area contributed by atoms with Crippen molar-refractivity contribution in [2.24, 2.45) is 0 Å². The second-order valence-corrected chi connectivity index (χ2v) is 10.4. The van der Waals surface area contributed by atoms with Crippen LogP contribution in [-0.4, -0.2) is 38.5 Å². The largest absolute Gasteiger partial charge is 0.497 e. The minimum absolute atomic E-state index is 0.00128. The lowest BCUT2D eigenvalue weighted by Crippen LogP contribution is -2.16. The van der Waals surface area contributed by atoms with Gasteiger partial charge >= 0.3 is 0 Å². The Kier molecular flexibility index (Phi) is 7.84. The number of carbonyl (C=O) groups is 1. The number of amides is 1. The van der Waals surface area contributed by atoms with Crippen molar-refractivity contribution in [2.75, 3.05) is 24.3 Å². The van der Waals surface area contributed by atoms with Crippen molar-refractivity contribution < 1.29 is 36.2 Å². The fourth-order valence-corrected chi connectivity index (χ4v) is 4.90. The lowest BCUT2D eigenvalue weighted by atomic mass is 10.2. The fourth-order valence-electron chi connectivity index (χ4n) is 3.85. The van der Waals surface area contributed by atoms with Crippen LogP contribution in [-0.2, 0) is 10.0 Å². The Morgan fingerprint density at radius 2 is 1.40 bits per heavy atom. The average Bonchev–Trinajstić information content (AvgIpc) is 2.98. The van der Waals surface area contributed by atoms with Gasteiger partial charge in [0.1, 0.15) is 5.75 Å². The van der Waals surface area contributed by atoms with Crippen molar-refractivity contribution in [3.05, 3.63) is 102 Å². The standard InChI is InChI=1S/C29H22F2N4O6S/c1-39-19-10-14-26(22(31)16-19)41-29-27(33-23-5-3-4-6-24(23)34-29)28(36)32-17-7-11-20(12-8-17)42(37,38)35-18-9-13-25(40-2)21(30)15-18/h3-16,35H,1-2H3,(H,32,36). The molecular weight excluding hydrogens is 570 g/mol. The van der Waals surface area contributed by atoms with Gasteiger partial charge in [0.15, 0.2) is 28.8 Å². The molecule has 0 bridgehead atoms. The highest BCUT2D eigenvalue weighted by atomic mass is 32.2. The Morgan fingerprint density at radius 1 is 0.762 bits per heavy atom. The van der Waals surface area contributed by atoms with E-state index in [-0.39, 0.29) is 45.1 Å². The Morgan fingerprint density at radius 3 is 2.05 bits per heavy atom. The lowest BCUT2D eigenvalue weighted by molar-refractivity contribution is 0.101. The van der Waals surface area contributed by atoms with E-state index in [0.29, 0.717) is 11.0 Å². The molecule has 1 heterocycles. The van der Waals surface area contributed by atoms with Crippen LogP contribution in [0, 0.1) is 11.6 Å². The molecule has 1 amide bonds. The Bertz CT molecular complexity index is 1900. The molecule has 0 radical (unpaired) electrons. The van der Waals surface area contributed by atoms with Crippen LogP contribution in [0.25, 0.3) is 11.0 Å². The van der Waals surface area contributed by atoms with Gasteiger partial charge in [-0.2, -0.15) is 0 Å². The van der Waals surface area contributed by atoms with Crippen molar-refractivity contribution >= 4 is 38.3 Å². The minimum atomic E-state index is -4.08. The number of aromatic nitrogens is 2. The van der Waals surface area contributed by atoms with E-state index < -0.39 is 27.6 Å². The van der Waals surface area contributed by atoms with Crippen molar-refractivity contribution in [1.82, 2.24) is 9.97 Å². The molecule has 42 heavy (non-hydrogen) atoms. The number of halogens is 2. The maximum absolute atomic E-state index is 14.6. The summed E-state index contributed by atoms with van der Waals surface area (Å²) >= 11 is 0. The molecule has 10 nitrogen and oxygen atoms in total. The van der Waals surface area contributed by atoms with Crippen molar-refractivity contribution in [2.45, 2.75) is 4.90 Å². The number of fused-ring (bicyclic) bond motifs is 1. The zero-order valence-electron chi connectivity index (χ0n) is 22.1. The molecule has 13 heteroatoms. The molecule has 214 valence electrons. The van der Waals surface area contributed by atoms with E-state index in [4.69, 9.17) is 14.2 Å². The highest BCUT2D eigenvalue weighted by Crippen LogP contribution is 2.30. The van der Waals surface area contributed by atoms with Crippen LogP contribution >= 0.6 is 0 Å². The van der Waals surface area contributed by atoms with Crippen LogP contribution in [0.1, 0.15) is 10.5 Å². The van der Waals surface area contributed by atoms with E-state index in [0.717, 1.165) is 12.1 Å². The first-order valence-electron chi connectivity index (χ1n) is 12.2. The number of para-hydroxylation sites is 2. The molecule has 5 aromatic rings. The maximum Gasteiger partial charge on any atom is 0.279 e. The number of sulfonamides is 1. The third-order valence-corrected chi connectivity index (χ3v) is 7.32. The van der Waals surface area contributed by atoms with Crippen molar-refractivity contribution in [3.8, 4) is 23.1 Å². The fraction of sp³-hybridized carbons (Fsp3) is 0.0690. The van der Waals surface area contributed by atoms with Crippen LogP contribution in [0.3, 0.4) is 0 Å². The highest BCUT2D eigenvalue weighted by Gasteiger charge is 2.21. The van der Waals surface area contributed by atoms with E-state index in [1.165, 1.54) is 62.8 Å². The molecule has 0 aliphatic rings. The van der Waals surface area contributed by atoms with Gasteiger partial charge in [0.25, 0.3) is 21.8 Å². The highest BCUT2D eigenvalue weighted by molar-refractivity contribution is 7.92. The van der Waals surface area contributed by atoms with E-state index in [1.807, 2.05) is 0 Å². The normalized spacial score (nSPS) is 11.1. The zero-order chi connectivity index (χ0) is 29.9. The van der Waals surface area contributed by atoms with Crippen LogP contribution in [0.4, 0.5) is 20.2 Å². The van der Waals surface area contributed by atoms with Crippen molar-refractivity contribution in [1.29, 1.82) is 0 Å². The number of rotatable bonds is 9. The number of hydrogen-bond acceptors (Lipinski definition) is 8. The van der Waals surface area contributed by atoms with Gasteiger partial charge in [0, 0.05) is 17.8 Å². The molecule has 0 unspecified atom stereocenters. The van der Waals surface area contributed by atoms with Gasteiger partial charge in [0.05, 0.1) is 35.8 Å². The Hall–Kier alpha value is -5.30. The topological polar surface area (TPSA) is 129 Å². The van der Waals surface area contributed by atoms with Crippen LogP contribution in [0.5, 0.6) is 23.1 Å². The number of benzene rings is 4. The molecule has 0 spiro atoms. The van der Waals surface area contributed by atoms with Gasteiger partial charge in [-0.05, 0) is 60.7 Å². The molecule has 5 rings (SSSR count). The monoisotopic (exact) mass is 592 g/mol. The molecule has 0 aliphatic carbocycles. The zero-order valence-corrected chi connectivity index (χ0v) is 22.9.